The molecule has 0 radical (unpaired) electrons. The predicted octanol–water partition coefficient (Wildman–Crippen LogP) is 3.72. The third-order valence-corrected chi connectivity index (χ3v) is 6.10. The van der Waals surface area contributed by atoms with Gasteiger partial charge in [0.15, 0.2) is 0 Å². The van der Waals surface area contributed by atoms with Gasteiger partial charge in [-0.1, -0.05) is 26.3 Å². The monoisotopic (exact) mass is 273 g/mol. The highest BCUT2D eigenvalue weighted by Gasteiger charge is 2.52. The molecule has 0 spiro atoms. The molecule has 2 fully saturated rings. The van der Waals surface area contributed by atoms with E-state index in [0.29, 0.717) is 11.2 Å². The lowest BCUT2D eigenvalue weighted by atomic mass is 9.52. The van der Waals surface area contributed by atoms with E-state index < -0.39 is 0 Å². The van der Waals surface area contributed by atoms with Gasteiger partial charge in [0, 0.05) is 11.5 Å². The second-order valence-electron chi connectivity index (χ2n) is 6.85. The smallest absolute Gasteiger partial charge is 0.115 e. The van der Waals surface area contributed by atoms with Crippen LogP contribution >= 0.6 is 0 Å². The molecule has 20 heavy (non-hydrogen) atoms. The molecule has 4 rings (SSSR count). The van der Waals surface area contributed by atoms with E-state index in [-0.39, 0.29) is 7.43 Å². The topological polar surface area (TPSA) is 23.5 Å². The number of hydrogen-bond acceptors (Lipinski definition) is 2. The number of phenolic OH excluding ortho intramolecular Hbond substituents is 1. The van der Waals surface area contributed by atoms with E-state index >= 15 is 0 Å². The SMILES string of the molecule is C.CN1CC[C@@]23CCCCC2[C@@H]1Cc1ccc(O)cc13. The van der Waals surface area contributed by atoms with Crippen LogP contribution in [0.4, 0.5) is 0 Å². The zero-order valence-corrected chi connectivity index (χ0v) is 11.7. The summed E-state index contributed by atoms with van der Waals surface area (Å²) in [5.74, 6) is 1.27. The Morgan fingerprint density at radius 3 is 2.95 bits per heavy atom. The highest BCUT2D eigenvalue weighted by molar-refractivity contribution is 5.45. The highest BCUT2D eigenvalue weighted by Crippen LogP contribution is 2.55. The van der Waals surface area contributed by atoms with E-state index in [1.54, 1.807) is 0 Å². The number of rotatable bonds is 0. The summed E-state index contributed by atoms with van der Waals surface area (Å²) in [6.07, 6.45) is 7.93. The first kappa shape index (κ1) is 13.9. The van der Waals surface area contributed by atoms with Crippen LogP contribution in [0, 0.1) is 5.92 Å². The molecule has 110 valence electrons. The summed E-state index contributed by atoms with van der Waals surface area (Å²) in [5.41, 5.74) is 3.36. The van der Waals surface area contributed by atoms with Gasteiger partial charge < -0.3 is 10.0 Å². The van der Waals surface area contributed by atoms with Crippen LogP contribution < -0.4 is 0 Å². The summed E-state index contributed by atoms with van der Waals surface area (Å²) >= 11 is 0. The van der Waals surface area contributed by atoms with Crippen molar-refractivity contribution in [2.45, 2.75) is 57.4 Å². The Morgan fingerprint density at radius 1 is 1.25 bits per heavy atom. The standard InChI is InChI=1S/C17H23NO.CH4/c1-18-9-8-17-7-3-2-4-14(17)16(18)10-12-5-6-13(19)11-15(12)17;/h5-6,11,14,16,19H,2-4,7-10H2,1H3;1H4/t14?,16-,17-;/m0./s1. The number of benzene rings is 1. The first-order valence-corrected chi connectivity index (χ1v) is 7.73. The van der Waals surface area contributed by atoms with Crippen LogP contribution in [-0.2, 0) is 11.8 Å². The van der Waals surface area contributed by atoms with Crippen molar-refractivity contribution in [3.63, 3.8) is 0 Å². The van der Waals surface area contributed by atoms with Gasteiger partial charge >= 0.3 is 0 Å². The highest BCUT2D eigenvalue weighted by atomic mass is 16.3. The van der Waals surface area contributed by atoms with Gasteiger partial charge in [0.25, 0.3) is 0 Å². The van der Waals surface area contributed by atoms with Crippen molar-refractivity contribution in [3.05, 3.63) is 29.3 Å². The van der Waals surface area contributed by atoms with E-state index in [1.807, 2.05) is 6.07 Å². The molecule has 0 amide bonds. The molecule has 1 aromatic carbocycles. The fourth-order valence-electron chi connectivity index (χ4n) is 5.18. The van der Waals surface area contributed by atoms with Gasteiger partial charge in [-0.05, 0) is 68.5 Å². The van der Waals surface area contributed by atoms with E-state index in [0.717, 1.165) is 12.0 Å². The van der Waals surface area contributed by atoms with Crippen LogP contribution in [-0.4, -0.2) is 29.6 Å². The van der Waals surface area contributed by atoms with Crippen molar-refractivity contribution in [3.8, 4) is 5.75 Å². The maximum absolute atomic E-state index is 9.91. The minimum Gasteiger partial charge on any atom is -0.508 e. The number of nitrogens with zero attached hydrogens (tertiary/aromatic N) is 1. The molecule has 1 saturated heterocycles. The Labute approximate surface area is 122 Å². The zero-order valence-electron chi connectivity index (χ0n) is 11.7. The van der Waals surface area contributed by atoms with Crippen molar-refractivity contribution in [1.29, 1.82) is 0 Å². The number of likely N-dealkylation sites (N-methyl/N-ethyl adjacent to an activating group) is 1. The fraction of sp³-hybridized carbons (Fsp3) is 0.667. The summed E-state index contributed by atoms with van der Waals surface area (Å²) in [5, 5.41) is 9.91. The van der Waals surface area contributed by atoms with Crippen LogP contribution in [0.3, 0.4) is 0 Å². The molecule has 1 saturated carbocycles. The van der Waals surface area contributed by atoms with Crippen molar-refractivity contribution >= 4 is 0 Å². The van der Waals surface area contributed by atoms with Gasteiger partial charge in [-0.2, -0.15) is 0 Å². The average Bonchev–Trinajstić information content (AvgIpc) is 2.43. The minimum absolute atomic E-state index is 0. The Hall–Kier alpha value is -1.02. The van der Waals surface area contributed by atoms with Crippen molar-refractivity contribution in [2.24, 2.45) is 5.92 Å². The lowest BCUT2D eigenvalue weighted by Crippen LogP contribution is -2.59. The summed E-state index contributed by atoms with van der Waals surface area (Å²) < 4.78 is 0. The van der Waals surface area contributed by atoms with Gasteiger partial charge in [0.2, 0.25) is 0 Å². The van der Waals surface area contributed by atoms with Gasteiger partial charge in [-0.25, -0.2) is 0 Å². The molecular formula is C18H27NO. The van der Waals surface area contributed by atoms with Crippen LogP contribution in [0.5, 0.6) is 5.75 Å². The Balaban J connectivity index is 0.00000121. The minimum atomic E-state index is 0. The number of aromatic hydroxyl groups is 1. The zero-order chi connectivity index (χ0) is 13.0. The lowest BCUT2D eigenvalue weighted by Gasteiger charge is -2.58. The quantitative estimate of drug-likeness (QED) is 0.779. The van der Waals surface area contributed by atoms with Gasteiger partial charge in [0.05, 0.1) is 0 Å². The molecule has 2 nitrogen and oxygen atoms in total. The third-order valence-electron chi connectivity index (χ3n) is 6.10. The Morgan fingerprint density at radius 2 is 2.10 bits per heavy atom. The number of phenols is 1. The number of piperidine rings is 1. The third kappa shape index (κ3) is 1.74. The van der Waals surface area contributed by atoms with Crippen LogP contribution in [0.15, 0.2) is 18.2 Å². The van der Waals surface area contributed by atoms with Crippen LogP contribution in [0.1, 0.15) is 50.7 Å². The molecule has 0 aromatic heterocycles. The van der Waals surface area contributed by atoms with Gasteiger partial charge in [0.1, 0.15) is 5.75 Å². The van der Waals surface area contributed by atoms with Crippen molar-refractivity contribution < 1.29 is 5.11 Å². The normalized spacial score (nSPS) is 35.6. The maximum Gasteiger partial charge on any atom is 0.115 e. The summed E-state index contributed by atoms with van der Waals surface area (Å²) in [7, 11) is 2.30. The Kier molecular flexibility index (Phi) is 3.32. The first-order chi connectivity index (χ1) is 9.21. The van der Waals surface area contributed by atoms with Gasteiger partial charge in [-0.15, -0.1) is 0 Å². The van der Waals surface area contributed by atoms with E-state index in [2.05, 4.69) is 24.1 Å². The average molecular weight is 273 g/mol. The van der Waals surface area contributed by atoms with E-state index in [9.17, 15) is 5.11 Å². The molecule has 1 unspecified atom stereocenters. The summed E-state index contributed by atoms with van der Waals surface area (Å²) in [6.45, 7) is 1.22. The molecule has 1 aromatic rings. The Bertz CT molecular complexity index is 512. The second-order valence-corrected chi connectivity index (χ2v) is 6.85. The first-order valence-electron chi connectivity index (χ1n) is 7.73. The molecule has 2 aliphatic carbocycles. The van der Waals surface area contributed by atoms with E-state index in [4.69, 9.17) is 0 Å². The predicted molar refractivity (Wildman–Crippen MR) is 83.2 cm³/mol. The van der Waals surface area contributed by atoms with E-state index in [1.165, 1.54) is 56.2 Å². The molecule has 1 aliphatic heterocycles. The summed E-state index contributed by atoms with van der Waals surface area (Å²) in [4.78, 5) is 2.59. The molecular weight excluding hydrogens is 246 g/mol. The van der Waals surface area contributed by atoms with Crippen molar-refractivity contribution in [1.82, 2.24) is 4.90 Å². The molecule has 3 atom stereocenters. The second kappa shape index (κ2) is 4.77. The summed E-state index contributed by atoms with van der Waals surface area (Å²) in [6, 6.07) is 6.85. The number of fused-ring (bicyclic) bond motifs is 1. The number of hydrogen-bond donors (Lipinski definition) is 1. The lowest BCUT2D eigenvalue weighted by molar-refractivity contribution is 0.00274. The molecule has 2 bridgehead atoms. The molecule has 1 N–H and O–H groups in total. The van der Waals surface area contributed by atoms with Crippen molar-refractivity contribution in [2.75, 3.05) is 13.6 Å². The van der Waals surface area contributed by atoms with Gasteiger partial charge in [-0.3, -0.25) is 0 Å². The molecule has 2 heteroatoms. The number of likely N-dealkylation sites (tertiary alicyclic amines) is 1. The molecule has 3 aliphatic rings. The van der Waals surface area contributed by atoms with Crippen LogP contribution in [0.25, 0.3) is 0 Å². The van der Waals surface area contributed by atoms with Crippen LogP contribution in [0.2, 0.25) is 0 Å². The molecule has 1 heterocycles. The maximum atomic E-state index is 9.91. The largest absolute Gasteiger partial charge is 0.508 e. The fourth-order valence-corrected chi connectivity index (χ4v) is 5.18.